The molecule has 0 fully saturated rings. The van der Waals surface area contributed by atoms with Crippen LogP contribution in [0, 0.1) is 0 Å². The van der Waals surface area contributed by atoms with Crippen molar-refractivity contribution < 1.29 is 4.79 Å². The van der Waals surface area contributed by atoms with E-state index in [1.807, 2.05) is 13.8 Å². The van der Waals surface area contributed by atoms with E-state index < -0.39 is 0 Å². The minimum atomic E-state index is -0.0970. The molecule has 0 aromatic rings. The zero-order valence-electron chi connectivity index (χ0n) is 9.76. The van der Waals surface area contributed by atoms with Crippen molar-refractivity contribution in [2.45, 2.75) is 26.8 Å². The van der Waals surface area contributed by atoms with E-state index in [1.54, 1.807) is 0 Å². The number of nitrogens with one attached hydrogen (secondary N) is 2. The summed E-state index contributed by atoms with van der Waals surface area (Å²) in [7, 11) is 2.07. The van der Waals surface area contributed by atoms with Crippen LogP contribution in [-0.4, -0.2) is 50.1 Å². The van der Waals surface area contributed by atoms with Crippen molar-refractivity contribution >= 4 is 5.91 Å². The summed E-state index contributed by atoms with van der Waals surface area (Å²) in [6, 6.07) is -0.0970. The van der Waals surface area contributed by atoms with E-state index in [0.29, 0.717) is 6.54 Å². The second-order valence-corrected chi connectivity index (χ2v) is 3.47. The summed E-state index contributed by atoms with van der Waals surface area (Å²) in [5, 5.41) is 5.96. The van der Waals surface area contributed by atoms with Gasteiger partial charge in [0.15, 0.2) is 0 Å². The molecular weight excluding hydrogens is 178 g/mol. The molecule has 14 heavy (non-hydrogen) atoms. The Morgan fingerprint density at radius 1 is 1.43 bits per heavy atom. The predicted molar refractivity (Wildman–Crippen MR) is 59.3 cm³/mol. The number of amides is 1. The number of nitrogens with zero attached hydrogens (tertiary/aromatic N) is 1. The van der Waals surface area contributed by atoms with E-state index in [2.05, 4.69) is 29.5 Å². The first-order valence-electron chi connectivity index (χ1n) is 5.31. The number of hydrogen-bond acceptors (Lipinski definition) is 3. The summed E-state index contributed by atoms with van der Waals surface area (Å²) >= 11 is 0. The van der Waals surface area contributed by atoms with Gasteiger partial charge >= 0.3 is 0 Å². The molecule has 1 amide bonds. The number of likely N-dealkylation sites (N-methyl/N-ethyl adjacent to an activating group) is 2. The first-order chi connectivity index (χ1) is 6.61. The monoisotopic (exact) mass is 201 g/mol. The van der Waals surface area contributed by atoms with Gasteiger partial charge in [0.05, 0.1) is 6.04 Å². The molecule has 0 heterocycles. The van der Waals surface area contributed by atoms with E-state index in [0.717, 1.165) is 19.6 Å². The molecule has 0 radical (unpaired) electrons. The van der Waals surface area contributed by atoms with E-state index in [1.165, 1.54) is 0 Å². The lowest BCUT2D eigenvalue weighted by molar-refractivity contribution is -0.122. The third-order valence-electron chi connectivity index (χ3n) is 2.23. The molecule has 0 bridgehead atoms. The summed E-state index contributed by atoms with van der Waals surface area (Å²) in [5.74, 6) is 0.0756. The number of rotatable bonds is 7. The van der Waals surface area contributed by atoms with Crippen LogP contribution >= 0.6 is 0 Å². The molecule has 0 aliphatic rings. The van der Waals surface area contributed by atoms with Crippen LogP contribution in [-0.2, 0) is 4.79 Å². The van der Waals surface area contributed by atoms with Crippen LogP contribution in [0.25, 0.3) is 0 Å². The maximum absolute atomic E-state index is 11.3. The highest BCUT2D eigenvalue weighted by atomic mass is 16.2. The molecular formula is C10H23N3O. The highest BCUT2D eigenvalue weighted by Gasteiger charge is 2.09. The summed E-state index contributed by atoms with van der Waals surface area (Å²) in [6.07, 6.45) is 0. The van der Waals surface area contributed by atoms with Crippen LogP contribution in [0.5, 0.6) is 0 Å². The molecule has 2 N–H and O–H groups in total. The van der Waals surface area contributed by atoms with E-state index >= 15 is 0 Å². The summed E-state index contributed by atoms with van der Waals surface area (Å²) in [5.41, 5.74) is 0. The van der Waals surface area contributed by atoms with Gasteiger partial charge in [-0.3, -0.25) is 4.79 Å². The topological polar surface area (TPSA) is 44.4 Å². The van der Waals surface area contributed by atoms with Gasteiger partial charge in [-0.25, -0.2) is 0 Å². The molecule has 0 aromatic carbocycles. The second kappa shape index (κ2) is 7.76. The average Bonchev–Trinajstić information content (AvgIpc) is 2.17. The molecule has 0 aliphatic heterocycles. The second-order valence-electron chi connectivity index (χ2n) is 3.47. The van der Waals surface area contributed by atoms with Crippen molar-refractivity contribution in [3.8, 4) is 0 Å². The van der Waals surface area contributed by atoms with Crippen LogP contribution in [0.4, 0.5) is 0 Å². The minimum Gasteiger partial charge on any atom is -0.355 e. The molecule has 0 aromatic heterocycles. The maximum Gasteiger partial charge on any atom is 0.236 e. The molecule has 0 aliphatic carbocycles. The van der Waals surface area contributed by atoms with Gasteiger partial charge in [0.2, 0.25) is 5.91 Å². The van der Waals surface area contributed by atoms with Gasteiger partial charge in [0.1, 0.15) is 0 Å². The smallest absolute Gasteiger partial charge is 0.236 e. The van der Waals surface area contributed by atoms with E-state index in [4.69, 9.17) is 0 Å². The number of carbonyl (C=O) groups is 1. The SMILES string of the molecule is CCNC(=O)C(C)NCCN(C)CC. The fraction of sp³-hybridized carbons (Fsp3) is 0.900. The van der Waals surface area contributed by atoms with Gasteiger partial charge in [-0.15, -0.1) is 0 Å². The molecule has 0 saturated carbocycles. The van der Waals surface area contributed by atoms with Crippen molar-refractivity contribution in [3.05, 3.63) is 0 Å². The summed E-state index contributed by atoms with van der Waals surface area (Å²) in [4.78, 5) is 13.5. The predicted octanol–water partition coefficient (Wildman–Crippen LogP) is 0.0523. The first-order valence-corrected chi connectivity index (χ1v) is 5.31. The quantitative estimate of drug-likeness (QED) is 0.612. The fourth-order valence-electron chi connectivity index (χ4n) is 1.05. The van der Waals surface area contributed by atoms with Gasteiger partial charge in [0, 0.05) is 19.6 Å². The van der Waals surface area contributed by atoms with Crippen molar-refractivity contribution in [1.29, 1.82) is 0 Å². The summed E-state index contributed by atoms with van der Waals surface area (Å²) < 4.78 is 0. The lowest BCUT2D eigenvalue weighted by atomic mass is 10.3. The molecule has 0 rings (SSSR count). The van der Waals surface area contributed by atoms with Crippen LogP contribution in [0.15, 0.2) is 0 Å². The van der Waals surface area contributed by atoms with Crippen LogP contribution in [0.3, 0.4) is 0 Å². The van der Waals surface area contributed by atoms with Gasteiger partial charge in [0.25, 0.3) is 0 Å². The molecule has 1 unspecified atom stereocenters. The van der Waals surface area contributed by atoms with Crippen molar-refractivity contribution in [2.24, 2.45) is 0 Å². The van der Waals surface area contributed by atoms with Gasteiger partial charge in [-0.05, 0) is 27.4 Å². The highest BCUT2D eigenvalue weighted by molar-refractivity contribution is 5.81. The Morgan fingerprint density at radius 3 is 2.57 bits per heavy atom. The van der Waals surface area contributed by atoms with E-state index in [9.17, 15) is 4.79 Å². The zero-order valence-corrected chi connectivity index (χ0v) is 9.76. The third kappa shape index (κ3) is 5.94. The molecule has 4 heteroatoms. The Bertz CT molecular complexity index is 161. The summed E-state index contributed by atoms with van der Waals surface area (Å²) in [6.45, 7) is 9.49. The lowest BCUT2D eigenvalue weighted by Gasteiger charge is -2.17. The molecule has 0 saturated heterocycles. The van der Waals surface area contributed by atoms with Crippen LogP contribution in [0.2, 0.25) is 0 Å². The molecule has 1 atom stereocenters. The van der Waals surface area contributed by atoms with Crippen LogP contribution < -0.4 is 10.6 Å². The van der Waals surface area contributed by atoms with Crippen LogP contribution in [0.1, 0.15) is 20.8 Å². The highest BCUT2D eigenvalue weighted by Crippen LogP contribution is 1.83. The first kappa shape index (κ1) is 13.4. The standard InChI is InChI=1S/C10H23N3O/c1-5-11-10(14)9(3)12-7-8-13(4)6-2/h9,12H,5-8H2,1-4H3,(H,11,14). The fourth-order valence-corrected chi connectivity index (χ4v) is 1.05. The average molecular weight is 201 g/mol. The Hall–Kier alpha value is -0.610. The Morgan fingerprint density at radius 2 is 2.07 bits per heavy atom. The zero-order chi connectivity index (χ0) is 11.0. The molecule has 4 nitrogen and oxygen atoms in total. The van der Waals surface area contributed by atoms with Gasteiger partial charge in [-0.1, -0.05) is 6.92 Å². The minimum absolute atomic E-state index is 0.0756. The Labute approximate surface area is 87.0 Å². The van der Waals surface area contributed by atoms with Crippen molar-refractivity contribution in [3.63, 3.8) is 0 Å². The van der Waals surface area contributed by atoms with Gasteiger partial charge < -0.3 is 15.5 Å². The lowest BCUT2D eigenvalue weighted by Crippen LogP contribution is -2.44. The van der Waals surface area contributed by atoms with Crippen molar-refractivity contribution in [1.82, 2.24) is 15.5 Å². The Kier molecular flexibility index (Phi) is 7.42. The maximum atomic E-state index is 11.3. The third-order valence-corrected chi connectivity index (χ3v) is 2.23. The normalized spacial score (nSPS) is 12.9. The molecule has 0 spiro atoms. The number of carbonyl (C=O) groups excluding carboxylic acids is 1. The largest absolute Gasteiger partial charge is 0.355 e. The number of hydrogen-bond donors (Lipinski definition) is 2. The van der Waals surface area contributed by atoms with Gasteiger partial charge in [-0.2, -0.15) is 0 Å². The van der Waals surface area contributed by atoms with Crippen molar-refractivity contribution in [2.75, 3.05) is 33.2 Å². The molecule has 84 valence electrons. The van der Waals surface area contributed by atoms with E-state index in [-0.39, 0.29) is 11.9 Å². The Balaban J connectivity index is 3.52.